The standard InChI is InChI=1S/C17H21ClN2O6/c1-4-7-19-17(23)20-14(21)10-26-15(22)6-5-11-8-12(18)16(25-3)13(9-11)24-2/h5-6,8-9H,4,7,10H2,1-3H3,(H2,19,20,21,23). The number of benzene rings is 1. The van der Waals surface area contributed by atoms with E-state index in [1.165, 1.54) is 20.3 Å². The van der Waals surface area contributed by atoms with Gasteiger partial charge in [0.2, 0.25) is 0 Å². The second-order valence-electron chi connectivity index (χ2n) is 4.98. The van der Waals surface area contributed by atoms with Crippen LogP contribution >= 0.6 is 11.6 Å². The molecular weight excluding hydrogens is 364 g/mol. The van der Waals surface area contributed by atoms with Crippen LogP contribution in [-0.4, -0.2) is 45.3 Å². The van der Waals surface area contributed by atoms with Crippen LogP contribution in [0.5, 0.6) is 11.5 Å². The second-order valence-corrected chi connectivity index (χ2v) is 5.39. The van der Waals surface area contributed by atoms with Crippen molar-refractivity contribution in [3.8, 4) is 11.5 Å². The molecular formula is C17H21ClN2O6. The lowest BCUT2D eigenvalue weighted by Crippen LogP contribution is -2.41. The number of esters is 1. The van der Waals surface area contributed by atoms with Crippen molar-refractivity contribution in [2.75, 3.05) is 27.4 Å². The summed E-state index contributed by atoms with van der Waals surface area (Å²) in [6.45, 7) is 1.74. The first-order valence-corrected chi connectivity index (χ1v) is 8.13. The Bertz CT molecular complexity index is 690. The van der Waals surface area contributed by atoms with Crippen LogP contribution in [0.2, 0.25) is 5.02 Å². The van der Waals surface area contributed by atoms with Gasteiger partial charge in [0.1, 0.15) is 0 Å². The minimum absolute atomic E-state index is 0.317. The smallest absolute Gasteiger partial charge is 0.331 e. The van der Waals surface area contributed by atoms with Crippen LogP contribution in [0.3, 0.4) is 0 Å². The molecule has 0 aliphatic carbocycles. The third kappa shape index (κ3) is 7.02. The predicted octanol–water partition coefficient (Wildman–Crippen LogP) is 2.15. The van der Waals surface area contributed by atoms with E-state index in [1.807, 2.05) is 12.2 Å². The van der Waals surface area contributed by atoms with Crippen molar-refractivity contribution >= 4 is 35.6 Å². The fourth-order valence-electron chi connectivity index (χ4n) is 1.83. The molecule has 0 saturated heterocycles. The highest BCUT2D eigenvalue weighted by Gasteiger charge is 2.11. The molecule has 0 saturated carbocycles. The first kappa shape index (κ1) is 21.3. The summed E-state index contributed by atoms with van der Waals surface area (Å²) in [5.74, 6) is -0.688. The first-order valence-electron chi connectivity index (χ1n) is 7.75. The lowest BCUT2D eigenvalue weighted by molar-refractivity contribution is -0.143. The number of rotatable bonds is 8. The third-order valence-corrected chi connectivity index (χ3v) is 3.28. The van der Waals surface area contributed by atoms with Crippen LogP contribution in [0.15, 0.2) is 18.2 Å². The van der Waals surface area contributed by atoms with Gasteiger partial charge in [0.15, 0.2) is 18.1 Å². The number of carbonyl (C=O) groups excluding carboxylic acids is 3. The molecule has 8 nitrogen and oxygen atoms in total. The van der Waals surface area contributed by atoms with Gasteiger partial charge >= 0.3 is 12.0 Å². The summed E-state index contributed by atoms with van der Waals surface area (Å²) in [4.78, 5) is 34.4. The topological polar surface area (TPSA) is 103 Å². The van der Waals surface area contributed by atoms with Gasteiger partial charge in [-0.1, -0.05) is 18.5 Å². The minimum atomic E-state index is -0.750. The Morgan fingerprint density at radius 1 is 1.19 bits per heavy atom. The van der Waals surface area contributed by atoms with E-state index in [4.69, 9.17) is 25.8 Å². The number of carbonyl (C=O) groups is 3. The zero-order chi connectivity index (χ0) is 19.5. The van der Waals surface area contributed by atoms with Gasteiger partial charge in [-0.2, -0.15) is 0 Å². The summed E-state index contributed by atoms with van der Waals surface area (Å²) < 4.78 is 15.0. The molecule has 0 unspecified atom stereocenters. The van der Waals surface area contributed by atoms with E-state index in [1.54, 1.807) is 12.1 Å². The average Bonchev–Trinajstić information content (AvgIpc) is 2.62. The Morgan fingerprint density at radius 3 is 2.54 bits per heavy atom. The van der Waals surface area contributed by atoms with Crippen LogP contribution in [0.4, 0.5) is 4.79 Å². The van der Waals surface area contributed by atoms with Crippen LogP contribution in [0, 0.1) is 0 Å². The number of amides is 3. The molecule has 0 fully saturated rings. The molecule has 0 aliphatic heterocycles. The van der Waals surface area contributed by atoms with Gasteiger partial charge in [-0.05, 0) is 30.2 Å². The van der Waals surface area contributed by atoms with Crippen molar-refractivity contribution in [1.29, 1.82) is 0 Å². The Morgan fingerprint density at radius 2 is 1.92 bits per heavy atom. The van der Waals surface area contributed by atoms with Crippen molar-refractivity contribution in [3.05, 3.63) is 28.8 Å². The molecule has 0 aliphatic rings. The SMILES string of the molecule is CCCNC(=O)NC(=O)COC(=O)C=Cc1cc(Cl)c(OC)c(OC)c1. The lowest BCUT2D eigenvalue weighted by atomic mass is 10.2. The van der Waals surface area contributed by atoms with Crippen LogP contribution < -0.4 is 20.1 Å². The lowest BCUT2D eigenvalue weighted by Gasteiger charge is -2.10. The zero-order valence-corrected chi connectivity index (χ0v) is 15.5. The Hall–Kier alpha value is -2.74. The molecule has 9 heteroatoms. The summed E-state index contributed by atoms with van der Waals surface area (Å²) in [5, 5.41) is 4.82. The molecule has 0 aromatic heterocycles. The molecule has 0 spiro atoms. The highest BCUT2D eigenvalue weighted by molar-refractivity contribution is 6.32. The summed E-state index contributed by atoms with van der Waals surface area (Å²) in [7, 11) is 2.93. The van der Waals surface area contributed by atoms with Crippen LogP contribution in [0.25, 0.3) is 6.08 Å². The molecule has 1 aromatic rings. The second kappa shape index (κ2) is 11.0. The average molecular weight is 385 g/mol. The largest absolute Gasteiger partial charge is 0.493 e. The molecule has 2 N–H and O–H groups in total. The summed E-state index contributed by atoms with van der Waals surface area (Å²) in [6, 6.07) is 2.57. The molecule has 1 rings (SSSR count). The van der Waals surface area contributed by atoms with Gasteiger partial charge in [0.05, 0.1) is 19.2 Å². The van der Waals surface area contributed by atoms with E-state index in [0.717, 1.165) is 12.5 Å². The highest BCUT2D eigenvalue weighted by Crippen LogP contribution is 2.36. The monoisotopic (exact) mass is 384 g/mol. The molecule has 0 radical (unpaired) electrons. The Labute approximate surface area is 156 Å². The van der Waals surface area contributed by atoms with Crippen LogP contribution in [-0.2, 0) is 14.3 Å². The predicted molar refractivity (Wildman–Crippen MR) is 96.4 cm³/mol. The number of urea groups is 1. The van der Waals surface area contributed by atoms with E-state index in [9.17, 15) is 14.4 Å². The molecule has 142 valence electrons. The first-order chi connectivity index (χ1) is 12.4. The third-order valence-electron chi connectivity index (χ3n) is 3.00. The summed E-state index contributed by atoms with van der Waals surface area (Å²) >= 11 is 6.07. The summed E-state index contributed by atoms with van der Waals surface area (Å²) in [6.07, 6.45) is 3.31. The van der Waals surface area contributed by atoms with E-state index in [0.29, 0.717) is 28.6 Å². The summed E-state index contributed by atoms with van der Waals surface area (Å²) in [5.41, 5.74) is 0.577. The van der Waals surface area contributed by atoms with E-state index in [2.05, 4.69) is 5.32 Å². The van der Waals surface area contributed by atoms with E-state index in [-0.39, 0.29) is 0 Å². The number of hydrogen-bond donors (Lipinski definition) is 2. The number of halogens is 1. The van der Waals surface area contributed by atoms with Gasteiger partial charge < -0.3 is 19.5 Å². The van der Waals surface area contributed by atoms with Crippen molar-refractivity contribution in [1.82, 2.24) is 10.6 Å². The maximum atomic E-state index is 11.7. The fraction of sp³-hybridized carbons (Fsp3) is 0.353. The van der Waals surface area contributed by atoms with Crippen molar-refractivity contribution in [2.24, 2.45) is 0 Å². The maximum absolute atomic E-state index is 11.7. The van der Waals surface area contributed by atoms with Gasteiger partial charge in [0.25, 0.3) is 5.91 Å². The quantitative estimate of drug-likeness (QED) is 0.526. The number of hydrogen-bond acceptors (Lipinski definition) is 6. The Kier molecular flexibility index (Phi) is 9.00. The molecule has 0 bridgehead atoms. The van der Waals surface area contributed by atoms with Crippen molar-refractivity contribution in [2.45, 2.75) is 13.3 Å². The molecule has 0 atom stereocenters. The maximum Gasteiger partial charge on any atom is 0.331 e. The zero-order valence-electron chi connectivity index (χ0n) is 14.8. The minimum Gasteiger partial charge on any atom is -0.493 e. The van der Waals surface area contributed by atoms with Crippen molar-refractivity contribution in [3.63, 3.8) is 0 Å². The van der Waals surface area contributed by atoms with Gasteiger partial charge in [-0.25, -0.2) is 9.59 Å². The normalized spacial score (nSPS) is 10.3. The fourth-order valence-corrected chi connectivity index (χ4v) is 2.12. The molecule has 3 amide bonds. The van der Waals surface area contributed by atoms with Gasteiger partial charge in [-0.3, -0.25) is 10.1 Å². The number of methoxy groups -OCH3 is 2. The number of imide groups is 1. The number of nitrogens with one attached hydrogen (secondary N) is 2. The Balaban J connectivity index is 2.56. The number of ether oxygens (including phenoxy) is 3. The highest BCUT2D eigenvalue weighted by atomic mass is 35.5. The van der Waals surface area contributed by atoms with E-state index < -0.39 is 24.5 Å². The van der Waals surface area contributed by atoms with Gasteiger partial charge in [0, 0.05) is 12.6 Å². The molecule has 1 aromatic carbocycles. The van der Waals surface area contributed by atoms with E-state index >= 15 is 0 Å². The molecule has 0 heterocycles. The van der Waals surface area contributed by atoms with Gasteiger partial charge in [-0.15, -0.1) is 0 Å². The van der Waals surface area contributed by atoms with Crippen molar-refractivity contribution < 1.29 is 28.6 Å². The molecule has 26 heavy (non-hydrogen) atoms. The van der Waals surface area contributed by atoms with Crippen LogP contribution in [0.1, 0.15) is 18.9 Å².